The first-order chi connectivity index (χ1) is 19.2. The Balaban J connectivity index is 1.21. The fourth-order valence-corrected chi connectivity index (χ4v) is 5.40. The molecule has 0 radical (unpaired) electrons. The van der Waals surface area contributed by atoms with Crippen LogP contribution in [-0.2, 0) is 13.0 Å². The van der Waals surface area contributed by atoms with Gasteiger partial charge in [-0.05, 0) is 47.4 Å². The van der Waals surface area contributed by atoms with Gasteiger partial charge in [0, 0.05) is 55.4 Å². The van der Waals surface area contributed by atoms with E-state index in [9.17, 15) is 10.2 Å². The lowest BCUT2D eigenvalue weighted by Gasteiger charge is -2.36. The molecular formula is C32H33N5O2. The van der Waals surface area contributed by atoms with Gasteiger partial charge in [0.25, 0.3) is 0 Å². The summed E-state index contributed by atoms with van der Waals surface area (Å²) in [7, 11) is 0. The first-order valence-electron chi connectivity index (χ1n) is 13.6. The first-order valence-corrected chi connectivity index (χ1v) is 13.6. The molecule has 7 nitrogen and oxygen atoms in total. The lowest BCUT2D eigenvalue weighted by atomic mass is 10.0. The smallest absolute Gasteiger partial charge is 0.228 e. The standard InChI is InChI=1S/C32H33N5O2/c38-22-25-20-28-29(21-30(25)39)34-32(37-18-16-36(17-19-37)26-12-2-1-3-13-26)35-31(28)33-15-7-11-24-10-6-9-23-8-4-5-14-27(23)24/h1-6,8-10,12-14,20-21,38-39H,7,11,15-19,22H2,(H,33,34,35). The van der Waals surface area contributed by atoms with Crippen LogP contribution in [0.5, 0.6) is 5.75 Å². The van der Waals surface area contributed by atoms with E-state index in [0.717, 1.165) is 56.8 Å². The summed E-state index contributed by atoms with van der Waals surface area (Å²) in [5, 5.41) is 27.1. The van der Waals surface area contributed by atoms with Crippen molar-refractivity contribution in [2.75, 3.05) is 47.8 Å². The third-order valence-corrected chi connectivity index (χ3v) is 7.53. The van der Waals surface area contributed by atoms with E-state index in [4.69, 9.17) is 9.97 Å². The molecule has 6 rings (SSSR count). The Morgan fingerprint density at radius 1 is 0.744 bits per heavy atom. The number of para-hydroxylation sites is 1. The molecule has 0 bridgehead atoms. The highest BCUT2D eigenvalue weighted by Gasteiger charge is 2.21. The van der Waals surface area contributed by atoms with E-state index in [1.807, 2.05) is 6.07 Å². The van der Waals surface area contributed by atoms with Crippen molar-refractivity contribution in [1.29, 1.82) is 0 Å². The number of aromatic hydroxyl groups is 1. The van der Waals surface area contributed by atoms with Crippen molar-refractivity contribution < 1.29 is 10.2 Å². The minimum absolute atomic E-state index is 0.0467. The first kappa shape index (κ1) is 24.9. The molecule has 0 aliphatic carbocycles. The summed E-state index contributed by atoms with van der Waals surface area (Å²) in [6.07, 6.45) is 1.89. The number of aliphatic hydroxyl groups excluding tert-OH is 1. The SMILES string of the molecule is OCc1cc2c(NCCCc3cccc4ccccc34)nc(N3CCN(c4ccccc4)CC3)nc2cc1O. The number of aryl methyl sites for hydroxylation is 1. The van der Waals surface area contributed by atoms with Gasteiger partial charge in [0.2, 0.25) is 5.95 Å². The second-order valence-electron chi connectivity index (χ2n) is 10.0. The van der Waals surface area contributed by atoms with Gasteiger partial charge >= 0.3 is 0 Å². The van der Waals surface area contributed by atoms with Crippen LogP contribution in [0.25, 0.3) is 21.7 Å². The van der Waals surface area contributed by atoms with Crippen LogP contribution in [0.15, 0.2) is 84.9 Å². The van der Waals surface area contributed by atoms with E-state index in [1.165, 1.54) is 22.0 Å². The maximum atomic E-state index is 10.4. The van der Waals surface area contributed by atoms with Gasteiger partial charge in [-0.2, -0.15) is 4.98 Å². The zero-order valence-corrected chi connectivity index (χ0v) is 21.9. The van der Waals surface area contributed by atoms with Crippen molar-refractivity contribution >= 4 is 39.1 Å². The van der Waals surface area contributed by atoms with E-state index >= 15 is 0 Å². The number of anilines is 3. The Kier molecular flexibility index (Phi) is 7.15. The lowest BCUT2D eigenvalue weighted by molar-refractivity contribution is 0.276. The average molecular weight is 520 g/mol. The molecule has 0 amide bonds. The molecule has 39 heavy (non-hydrogen) atoms. The highest BCUT2D eigenvalue weighted by Crippen LogP contribution is 2.31. The number of nitrogens with one attached hydrogen (secondary N) is 1. The molecule has 1 aliphatic rings. The minimum Gasteiger partial charge on any atom is -0.508 e. The number of benzene rings is 4. The quantitative estimate of drug-likeness (QED) is 0.238. The molecule has 0 saturated carbocycles. The average Bonchev–Trinajstić information content (AvgIpc) is 2.99. The zero-order valence-electron chi connectivity index (χ0n) is 21.9. The monoisotopic (exact) mass is 519 g/mol. The summed E-state index contributed by atoms with van der Waals surface area (Å²) in [6, 6.07) is 28.9. The molecule has 2 heterocycles. The van der Waals surface area contributed by atoms with Crippen molar-refractivity contribution in [1.82, 2.24) is 9.97 Å². The Hall–Kier alpha value is -4.36. The maximum absolute atomic E-state index is 10.4. The largest absolute Gasteiger partial charge is 0.508 e. The van der Waals surface area contributed by atoms with Gasteiger partial charge in [-0.15, -0.1) is 0 Å². The number of fused-ring (bicyclic) bond motifs is 2. The number of aromatic nitrogens is 2. The molecule has 4 aromatic carbocycles. The molecule has 7 heteroatoms. The molecule has 3 N–H and O–H groups in total. The normalized spacial score (nSPS) is 13.8. The van der Waals surface area contributed by atoms with Crippen LogP contribution < -0.4 is 15.1 Å². The van der Waals surface area contributed by atoms with Crippen LogP contribution in [-0.4, -0.2) is 52.9 Å². The van der Waals surface area contributed by atoms with Gasteiger partial charge in [-0.1, -0.05) is 60.7 Å². The fraction of sp³-hybridized carbons (Fsp3) is 0.250. The molecule has 0 spiro atoms. The molecule has 198 valence electrons. The predicted octanol–water partition coefficient (Wildman–Crippen LogP) is 5.35. The Morgan fingerprint density at radius 2 is 1.49 bits per heavy atom. The number of phenols is 1. The third-order valence-electron chi connectivity index (χ3n) is 7.53. The van der Waals surface area contributed by atoms with Crippen LogP contribution in [0.2, 0.25) is 0 Å². The molecule has 5 aromatic rings. The number of piperazine rings is 1. The molecule has 1 aliphatic heterocycles. The molecule has 1 fully saturated rings. The fourth-order valence-electron chi connectivity index (χ4n) is 5.40. The van der Waals surface area contributed by atoms with Gasteiger partial charge in [0.15, 0.2) is 0 Å². The second kappa shape index (κ2) is 11.2. The second-order valence-corrected chi connectivity index (χ2v) is 10.0. The Labute approximate surface area is 228 Å². The van der Waals surface area contributed by atoms with Crippen molar-refractivity contribution in [2.45, 2.75) is 19.4 Å². The van der Waals surface area contributed by atoms with E-state index in [0.29, 0.717) is 17.0 Å². The van der Waals surface area contributed by atoms with Crippen LogP contribution in [0.1, 0.15) is 17.5 Å². The summed E-state index contributed by atoms with van der Waals surface area (Å²) in [5.41, 5.74) is 3.70. The van der Waals surface area contributed by atoms with Crippen LogP contribution in [0.3, 0.4) is 0 Å². The van der Waals surface area contributed by atoms with E-state index in [-0.39, 0.29) is 12.4 Å². The predicted molar refractivity (Wildman–Crippen MR) is 159 cm³/mol. The zero-order chi connectivity index (χ0) is 26.6. The number of hydrogen-bond donors (Lipinski definition) is 3. The number of rotatable bonds is 8. The van der Waals surface area contributed by atoms with E-state index < -0.39 is 0 Å². The number of aliphatic hydroxyl groups is 1. The molecule has 0 unspecified atom stereocenters. The molecular weight excluding hydrogens is 486 g/mol. The summed E-state index contributed by atoms with van der Waals surface area (Å²) in [6.45, 7) is 3.88. The lowest BCUT2D eigenvalue weighted by Crippen LogP contribution is -2.47. The van der Waals surface area contributed by atoms with Crippen molar-refractivity contribution in [3.63, 3.8) is 0 Å². The molecule has 1 saturated heterocycles. The van der Waals surface area contributed by atoms with Gasteiger partial charge in [0.05, 0.1) is 12.1 Å². The molecule has 0 atom stereocenters. The third kappa shape index (κ3) is 5.31. The topological polar surface area (TPSA) is 84.8 Å². The van der Waals surface area contributed by atoms with E-state index in [1.54, 1.807) is 12.1 Å². The number of hydrogen-bond acceptors (Lipinski definition) is 7. The van der Waals surface area contributed by atoms with Gasteiger partial charge in [0.1, 0.15) is 11.6 Å². The van der Waals surface area contributed by atoms with Crippen molar-refractivity contribution in [2.24, 2.45) is 0 Å². The Morgan fingerprint density at radius 3 is 2.31 bits per heavy atom. The minimum atomic E-state index is -0.245. The number of nitrogens with zero attached hydrogens (tertiary/aromatic N) is 4. The van der Waals surface area contributed by atoms with Gasteiger partial charge in [-0.3, -0.25) is 0 Å². The summed E-state index contributed by atoms with van der Waals surface area (Å²) >= 11 is 0. The summed E-state index contributed by atoms with van der Waals surface area (Å²) in [5.74, 6) is 1.43. The maximum Gasteiger partial charge on any atom is 0.228 e. The van der Waals surface area contributed by atoms with Crippen molar-refractivity contribution in [3.05, 3.63) is 96.1 Å². The van der Waals surface area contributed by atoms with Crippen LogP contribution in [0, 0.1) is 0 Å². The summed E-state index contributed by atoms with van der Waals surface area (Å²) in [4.78, 5) is 14.3. The Bertz CT molecular complexity index is 1580. The van der Waals surface area contributed by atoms with Gasteiger partial charge < -0.3 is 25.3 Å². The van der Waals surface area contributed by atoms with Gasteiger partial charge in [-0.25, -0.2) is 4.98 Å². The highest BCUT2D eigenvalue weighted by atomic mass is 16.3. The molecule has 1 aromatic heterocycles. The summed E-state index contributed by atoms with van der Waals surface area (Å²) < 4.78 is 0. The van der Waals surface area contributed by atoms with E-state index in [2.05, 4.69) is 81.8 Å². The highest BCUT2D eigenvalue weighted by molar-refractivity contribution is 5.92. The van der Waals surface area contributed by atoms with Crippen LogP contribution >= 0.6 is 0 Å². The van der Waals surface area contributed by atoms with Crippen LogP contribution in [0.4, 0.5) is 17.5 Å². The van der Waals surface area contributed by atoms with Crippen molar-refractivity contribution in [3.8, 4) is 5.75 Å².